The van der Waals surface area contributed by atoms with E-state index in [0.717, 1.165) is 23.9 Å². The van der Waals surface area contributed by atoms with Crippen LogP contribution in [0.3, 0.4) is 0 Å². The summed E-state index contributed by atoms with van der Waals surface area (Å²) in [5.74, 6) is 2.13. The summed E-state index contributed by atoms with van der Waals surface area (Å²) in [6, 6.07) is 1.82. The molecule has 0 spiro atoms. The van der Waals surface area contributed by atoms with Crippen molar-refractivity contribution >= 4 is 23.4 Å². The van der Waals surface area contributed by atoms with Gasteiger partial charge in [-0.05, 0) is 18.6 Å². The second kappa shape index (κ2) is 5.94. The van der Waals surface area contributed by atoms with Gasteiger partial charge in [0.25, 0.3) is 0 Å². The molecule has 1 heterocycles. The first-order valence-electron chi connectivity index (χ1n) is 5.42. The number of nitrogen functional groups attached to an aromatic ring is 1. The largest absolute Gasteiger partial charge is 0.383 e. The van der Waals surface area contributed by atoms with Crippen molar-refractivity contribution in [1.29, 1.82) is 0 Å². The molecule has 1 rings (SSSR count). The van der Waals surface area contributed by atoms with E-state index in [1.807, 2.05) is 19.4 Å². The molecule has 0 atom stereocenters. The van der Waals surface area contributed by atoms with Crippen LogP contribution in [-0.4, -0.2) is 29.8 Å². The maximum atomic E-state index is 5.74. The molecule has 0 aliphatic carbocycles. The van der Waals surface area contributed by atoms with Crippen LogP contribution in [0.2, 0.25) is 0 Å². The van der Waals surface area contributed by atoms with Crippen LogP contribution in [0, 0.1) is 5.92 Å². The molecular weight excluding hydrogens is 220 g/mol. The van der Waals surface area contributed by atoms with Crippen LogP contribution in [0.25, 0.3) is 0 Å². The van der Waals surface area contributed by atoms with E-state index in [0.29, 0.717) is 11.7 Å². The van der Waals surface area contributed by atoms with Crippen molar-refractivity contribution in [3.05, 3.63) is 6.07 Å². The summed E-state index contributed by atoms with van der Waals surface area (Å²) < 4.78 is 0. The Bertz CT molecular complexity index is 341. The number of rotatable bonds is 5. The molecule has 2 N–H and O–H groups in total. The molecule has 16 heavy (non-hydrogen) atoms. The van der Waals surface area contributed by atoms with E-state index in [4.69, 9.17) is 5.73 Å². The van der Waals surface area contributed by atoms with E-state index < -0.39 is 0 Å². The first kappa shape index (κ1) is 13.1. The number of anilines is 2. The second-order valence-corrected chi connectivity index (χ2v) is 5.02. The predicted octanol–water partition coefficient (Wildman–Crippen LogP) is 2.26. The molecule has 0 aliphatic rings. The molecule has 0 aliphatic heterocycles. The lowest BCUT2D eigenvalue weighted by molar-refractivity contribution is 0.583. The van der Waals surface area contributed by atoms with Crippen LogP contribution >= 0.6 is 11.8 Å². The Morgan fingerprint density at radius 1 is 1.44 bits per heavy atom. The molecule has 90 valence electrons. The van der Waals surface area contributed by atoms with Crippen LogP contribution in [-0.2, 0) is 0 Å². The highest BCUT2D eigenvalue weighted by molar-refractivity contribution is 7.98. The minimum absolute atomic E-state index is 0.533. The number of thioether (sulfide) groups is 1. The molecular formula is C11H20N4S. The van der Waals surface area contributed by atoms with E-state index >= 15 is 0 Å². The number of nitrogens with two attached hydrogens (primary N) is 1. The molecule has 4 nitrogen and oxygen atoms in total. The zero-order valence-electron chi connectivity index (χ0n) is 10.4. The van der Waals surface area contributed by atoms with Crippen LogP contribution in [0.15, 0.2) is 11.2 Å². The van der Waals surface area contributed by atoms with Gasteiger partial charge in [0.1, 0.15) is 11.6 Å². The van der Waals surface area contributed by atoms with Gasteiger partial charge in [0, 0.05) is 19.7 Å². The Hall–Kier alpha value is -0.970. The molecule has 1 aromatic rings. The summed E-state index contributed by atoms with van der Waals surface area (Å²) in [6.07, 6.45) is 3.10. The summed E-state index contributed by atoms with van der Waals surface area (Å²) in [7, 11) is 2.04. The molecule has 0 bridgehead atoms. The van der Waals surface area contributed by atoms with Gasteiger partial charge in [0.05, 0.1) is 0 Å². The maximum Gasteiger partial charge on any atom is 0.191 e. The summed E-state index contributed by atoms with van der Waals surface area (Å²) >= 11 is 1.51. The SMILES string of the molecule is CSc1nc(N)cc(N(C)CCC(C)C)n1. The zero-order chi connectivity index (χ0) is 12.1. The molecule has 0 radical (unpaired) electrons. The van der Waals surface area contributed by atoms with Gasteiger partial charge >= 0.3 is 0 Å². The number of hydrogen-bond donors (Lipinski definition) is 1. The first-order valence-corrected chi connectivity index (χ1v) is 6.65. The molecule has 0 unspecified atom stereocenters. The number of nitrogens with zero attached hydrogens (tertiary/aromatic N) is 3. The fraction of sp³-hybridized carbons (Fsp3) is 0.636. The van der Waals surface area contributed by atoms with Crippen molar-refractivity contribution < 1.29 is 0 Å². The van der Waals surface area contributed by atoms with Crippen molar-refractivity contribution in [2.75, 3.05) is 30.5 Å². The summed E-state index contributed by atoms with van der Waals surface area (Å²) in [4.78, 5) is 10.7. The number of hydrogen-bond acceptors (Lipinski definition) is 5. The molecule has 1 aromatic heterocycles. The molecule has 0 saturated carbocycles. The Kier molecular flexibility index (Phi) is 4.86. The Morgan fingerprint density at radius 3 is 2.69 bits per heavy atom. The third-order valence-electron chi connectivity index (χ3n) is 2.33. The van der Waals surface area contributed by atoms with Crippen molar-refractivity contribution in [3.63, 3.8) is 0 Å². The van der Waals surface area contributed by atoms with E-state index in [2.05, 4.69) is 28.7 Å². The average molecular weight is 240 g/mol. The van der Waals surface area contributed by atoms with Crippen molar-refractivity contribution in [2.24, 2.45) is 5.92 Å². The van der Waals surface area contributed by atoms with E-state index in [1.165, 1.54) is 11.8 Å². The van der Waals surface area contributed by atoms with Crippen molar-refractivity contribution in [3.8, 4) is 0 Å². The highest BCUT2D eigenvalue weighted by Gasteiger charge is 2.07. The van der Waals surface area contributed by atoms with Gasteiger partial charge in [-0.1, -0.05) is 25.6 Å². The quantitative estimate of drug-likeness (QED) is 0.632. The van der Waals surface area contributed by atoms with Crippen LogP contribution in [0.1, 0.15) is 20.3 Å². The Labute approximate surface area is 102 Å². The molecule has 0 saturated heterocycles. The molecule has 0 amide bonds. The standard InChI is InChI=1S/C11H20N4S/c1-8(2)5-6-15(3)10-7-9(12)13-11(14-10)16-4/h7-8H,5-6H2,1-4H3,(H2,12,13,14). The van der Waals surface area contributed by atoms with Crippen LogP contribution in [0.4, 0.5) is 11.6 Å². The van der Waals surface area contributed by atoms with Crippen LogP contribution < -0.4 is 10.6 Å². The first-order chi connectivity index (χ1) is 7.52. The van der Waals surface area contributed by atoms with Gasteiger partial charge in [0.15, 0.2) is 5.16 Å². The molecule has 0 aromatic carbocycles. The number of aromatic nitrogens is 2. The molecule has 0 fully saturated rings. The highest BCUT2D eigenvalue weighted by Crippen LogP contribution is 2.18. The van der Waals surface area contributed by atoms with E-state index in [9.17, 15) is 0 Å². The lowest BCUT2D eigenvalue weighted by Crippen LogP contribution is -2.21. The van der Waals surface area contributed by atoms with E-state index in [-0.39, 0.29) is 0 Å². The average Bonchev–Trinajstić information content (AvgIpc) is 2.24. The van der Waals surface area contributed by atoms with Gasteiger partial charge in [-0.15, -0.1) is 0 Å². The Balaban J connectivity index is 2.74. The summed E-state index contributed by atoms with van der Waals surface area (Å²) in [5, 5.41) is 0.728. The summed E-state index contributed by atoms with van der Waals surface area (Å²) in [6.45, 7) is 5.42. The predicted molar refractivity (Wildman–Crippen MR) is 71.0 cm³/mol. The smallest absolute Gasteiger partial charge is 0.191 e. The summed E-state index contributed by atoms with van der Waals surface area (Å²) in [5.41, 5.74) is 5.74. The fourth-order valence-electron chi connectivity index (χ4n) is 1.28. The third-order valence-corrected chi connectivity index (χ3v) is 2.88. The Morgan fingerprint density at radius 2 is 2.12 bits per heavy atom. The normalized spacial score (nSPS) is 10.8. The maximum absolute atomic E-state index is 5.74. The lowest BCUT2D eigenvalue weighted by Gasteiger charge is -2.19. The highest BCUT2D eigenvalue weighted by atomic mass is 32.2. The lowest BCUT2D eigenvalue weighted by atomic mass is 10.1. The van der Waals surface area contributed by atoms with Gasteiger partial charge in [-0.25, -0.2) is 9.97 Å². The van der Waals surface area contributed by atoms with Crippen molar-refractivity contribution in [2.45, 2.75) is 25.4 Å². The minimum Gasteiger partial charge on any atom is -0.383 e. The fourth-order valence-corrected chi connectivity index (χ4v) is 1.66. The van der Waals surface area contributed by atoms with Gasteiger partial charge in [-0.2, -0.15) is 0 Å². The van der Waals surface area contributed by atoms with Gasteiger partial charge in [-0.3, -0.25) is 0 Å². The third kappa shape index (κ3) is 3.89. The topological polar surface area (TPSA) is 55.0 Å². The minimum atomic E-state index is 0.533. The van der Waals surface area contributed by atoms with Crippen molar-refractivity contribution in [1.82, 2.24) is 9.97 Å². The zero-order valence-corrected chi connectivity index (χ0v) is 11.2. The second-order valence-electron chi connectivity index (χ2n) is 4.24. The van der Waals surface area contributed by atoms with Gasteiger partial charge in [0.2, 0.25) is 0 Å². The monoisotopic (exact) mass is 240 g/mol. The molecule has 5 heteroatoms. The van der Waals surface area contributed by atoms with E-state index in [1.54, 1.807) is 0 Å². The van der Waals surface area contributed by atoms with Crippen LogP contribution in [0.5, 0.6) is 0 Å². The van der Waals surface area contributed by atoms with Gasteiger partial charge < -0.3 is 10.6 Å².